The minimum atomic E-state index is -0.606. The summed E-state index contributed by atoms with van der Waals surface area (Å²) in [6, 6.07) is 3.11. The van der Waals surface area contributed by atoms with E-state index in [1.807, 2.05) is 12.1 Å². The molecular weight excluding hydrogens is 248 g/mol. The Hall–Kier alpha value is -0.620. The van der Waals surface area contributed by atoms with E-state index in [-0.39, 0.29) is 12.5 Å². The summed E-state index contributed by atoms with van der Waals surface area (Å²) in [6.45, 7) is 0.752. The van der Waals surface area contributed by atoms with Crippen LogP contribution in [0.2, 0.25) is 4.34 Å². The van der Waals surface area contributed by atoms with Crippen molar-refractivity contribution in [3.63, 3.8) is 0 Å². The van der Waals surface area contributed by atoms with E-state index in [9.17, 15) is 4.79 Å². The smallest absolute Gasteiger partial charge is 0.241 e. The SMILES string of the molecule is COCC(N)C(=O)N(C)Cc1ccc(Cl)s1. The molecule has 1 amide bonds. The highest BCUT2D eigenvalue weighted by molar-refractivity contribution is 7.16. The lowest BCUT2D eigenvalue weighted by Gasteiger charge is -2.20. The topological polar surface area (TPSA) is 55.6 Å². The maximum absolute atomic E-state index is 11.7. The lowest BCUT2D eigenvalue weighted by molar-refractivity contribution is -0.132. The fourth-order valence-electron chi connectivity index (χ4n) is 1.28. The Labute approximate surface area is 104 Å². The highest BCUT2D eigenvalue weighted by Gasteiger charge is 2.18. The maximum atomic E-state index is 11.7. The molecule has 1 atom stereocenters. The highest BCUT2D eigenvalue weighted by Crippen LogP contribution is 2.22. The zero-order valence-electron chi connectivity index (χ0n) is 9.27. The van der Waals surface area contributed by atoms with Crippen molar-refractivity contribution < 1.29 is 9.53 Å². The van der Waals surface area contributed by atoms with Crippen LogP contribution in [0.4, 0.5) is 0 Å². The molecule has 0 aromatic carbocycles. The zero-order chi connectivity index (χ0) is 12.1. The van der Waals surface area contributed by atoms with E-state index in [4.69, 9.17) is 22.1 Å². The van der Waals surface area contributed by atoms with Crippen LogP contribution < -0.4 is 5.73 Å². The Morgan fingerprint density at radius 2 is 2.38 bits per heavy atom. The Bertz CT molecular complexity index is 356. The molecule has 0 aliphatic rings. The lowest BCUT2D eigenvalue weighted by atomic mass is 10.3. The van der Waals surface area contributed by atoms with Crippen molar-refractivity contribution in [3.8, 4) is 0 Å². The lowest BCUT2D eigenvalue weighted by Crippen LogP contribution is -2.43. The predicted molar refractivity (Wildman–Crippen MR) is 65.7 cm³/mol. The van der Waals surface area contributed by atoms with Crippen LogP contribution in [0.1, 0.15) is 4.88 Å². The standard InChI is InChI=1S/C10H15ClN2O2S/c1-13(10(14)8(12)6-15-2)5-7-3-4-9(11)16-7/h3-4,8H,5-6,12H2,1-2H3. The number of carbonyl (C=O) groups excluding carboxylic acids is 1. The molecule has 1 aromatic heterocycles. The van der Waals surface area contributed by atoms with Gasteiger partial charge < -0.3 is 15.4 Å². The van der Waals surface area contributed by atoms with Gasteiger partial charge in [0.15, 0.2) is 0 Å². The van der Waals surface area contributed by atoms with E-state index in [1.165, 1.54) is 18.4 Å². The number of methoxy groups -OCH3 is 1. The van der Waals surface area contributed by atoms with Gasteiger partial charge in [-0.05, 0) is 12.1 Å². The first-order valence-electron chi connectivity index (χ1n) is 4.78. The van der Waals surface area contributed by atoms with Gasteiger partial charge in [0.25, 0.3) is 0 Å². The van der Waals surface area contributed by atoms with Crippen LogP contribution in [-0.2, 0) is 16.1 Å². The Morgan fingerprint density at radius 3 is 2.88 bits per heavy atom. The van der Waals surface area contributed by atoms with Gasteiger partial charge in [0.1, 0.15) is 6.04 Å². The predicted octanol–water partition coefficient (Wildman–Crippen LogP) is 1.33. The van der Waals surface area contributed by atoms with Gasteiger partial charge in [-0.15, -0.1) is 11.3 Å². The first-order chi connectivity index (χ1) is 7.54. The number of carbonyl (C=O) groups is 1. The van der Waals surface area contributed by atoms with Gasteiger partial charge in [0.05, 0.1) is 17.5 Å². The van der Waals surface area contributed by atoms with E-state index in [0.717, 1.165) is 9.21 Å². The highest BCUT2D eigenvalue weighted by atomic mass is 35.5. The summed E-state index contributed by atoms with van der Waals surface area (Å²) in [5.74, 6) is -0.133. The second-order valence-electron chi connectivity index (χ2n) is 3.46. The molecule has 0 aliphatic carbocycles. The molecule has 0 aliphatic heterocycles. The first-order valence-corrected chi connectivity index (χ1v) is 5.97. The minimum Gasteiger partial charge on any atom is -0.383 e. The van der Waals surface area contributed by atoms with E-state index < -0.39 is 6.04 Å². The average Bonchev–Trinajstić information content (AvgIpc) is 2.63. The molecule has 0 spiro atoms. The van der Waals surface area contributed by atoms with Crippen LogP contribution in [0.5, 0.6) is 0 Å². The largest absolute Gasteiger partial charge is 0.383 e. The Morgan fingerprint density at radius 1 is 1.69 bits per heavy atom. The summed E-state index contributed by atoms with van der Waals surface area (Å²) in [7, 11) is 3.23. The van der Waals surface area contributed by atoms with Crippen LogP contribution in [0.3, 0.4) is 0 Å². The number of nitrogens with two attached hydrogens (primary N) is 1. The van der Waals surface area contributed by atoms with Gasteiger partial charge in [-0.25, -0.2) is 0 Å². The van der Waals surface area contributed by atoms with Gasteiger partial charge in [-0.2, -0.15) is 0 Å². The quantitative estimate of drug-likeness (QED) is 0.871. The van der Waals surface area contributed by atoms with E-state index >= 15 is 0 Å². The summed E-state index contributed by atoms with van der Waals surface area (Å²) >= 11 is 7.26. The molecule has 4 nitrogen and oxygen atoms in total. The molecule has 2 N–H and O–H groups in total. The fourth-order valence-corrected chi connectivity index (χ4v) is 2.42. The molecule has 16 heavy (non-hydrogen) atoms. The number of halogens is 1. The van der Waals surface area contributed by atoms with Crippen LogP contribution in [0.15, 0.2) is 12.1 Å². The molecule has 1 heterocycles. The number of ether oxygens (including phenoxy) is 1. The zero-order valence-corrected chi connectivity index (χ0v) is 10.8. The van der Waals surface area contributed by atoms with Gasteiger partial charge in [-0.1, -0.05) is 11.6 Å². The monoisotopic (exact) mass is 262 g/mol. The third kappa shape index (κ3) is 3.75. The number of amides is 1. The molecule has 0 bridgehead atoms. The van der Waals surface area contributed by atoms with Gasteiger partial charge in [0, 0.05) is 19.0 Å². The number of thiophene rings is 1. The number of nitrogens with zero attached hydrogens (tertiary/aromatic N) is 1. The maximum Gasteiger partial charge on any atom is 0.241 e. The molecule has 6 heteroatoms. The fraction of sp³-hybridized carbons (Fsp3) is 0.500. The van der Waals surface area contributed by atoms with Crippen LogP contribution in [-0.4, -0.2) is 37.6 Å². The molecular formula is C10H15ClN2O2S. The van der Waals surface area contributed by atoms with Crippen LogP contribution in [0, 0.1) is 0 Å². The van der Waals surface area contributed by atoms with Crippen molar-refractivity contribution in [2.45, 2.75) is 12.6 Å². The number of hydrogen-bond donors (Lipinski definition) is 1. The molecule has 0 saturated heterocycles. The molecule has 90 valence electrons. The summed E-state index contributed by atoms with van der Waals surface area (Å²) < 4.78 is 5.56. The van der Waals surface area contributed by atoms with Crippen LogP contribution >= 0.6 is 22.9 Å². The van der Waals surface area contributed by atoms with Crippen molar-refractivity contribution >= 4 is 28.8 Å². The van der Waals surface area contributed by atoms with Gasteiger partial charge >= 0.3 is 0 Å². The third-order valence-electron chi connectivity index (χ3n) is 2.06. The van der Waals surface area contributed by atoms with Crippen molar-refractivity contribution in [1.82, 2.24) is 4.90 Å². The number of rotatable bonds is 5. The van der Waals surface area contributed by atoms with Gasteiger partial charge in [0.2, 0.25) is 5.91 Å². The average molecular weight is 263 g/mol. The first kappa shape index (κ1) is 13.4. The molecule has 1 unspecified atom stereocenters. The Balaban J connectivity index is 2.51. The number of likely N-dealkylation sites (N-methyl/N-ethyl adjacent to an activating group) is 1. The number of hydrogen-bond acceptors (Lipinski definition) is 4. The summed E-state index contributed by atoms with van der Waals surface area (Å²) in [5.41, 5.74) is 5.65. The van der Waals surface area contributed by atoms with Crippen molar-refractivity contribution in [1.29, 1.82) is 0 Å². The minimum absolute atomic E-state index is 0.133. The van der Waals surface area contributed by atoms with Crippen molar-refractivity contribution in [2.24, 2.45) is 5.73 Å². The van der Waals surface area contributed by atoms with E-state index in [0.29, 0.717) is 6.54 Å². The summed E-state index contributed by atoms with van der Waals surface area (Å²) in [6.07, 6.45) is 0. The Kier molecular flexibility index (Phi) is 5.21. The second kappa shape index (κ2) is 6.20. The van der Waals surface area contributed by atoms with E-state index in [1.54, 1.807) is 11.9 Å². The molecule has 0 saturated carbocycles. The molecule has 0 fully saturated rings. The van der Waals surface area contributed by atoms with Gasteiger partial charge in [-0.3, -0.25) is 4.79 Å². The second-order valence-corrected chi connectivity index (χ2v) is 5.26. The van der Waals surface area contributed by atoms with E-state index in [2.05, 4.69) is 0 Å². The third-order valence-corrected chi connectivity index (χ3v) is 3.28. The van der Waals surface area contributed by atoms with Crippen LogP contribution in [0.25, 0.3) is 0 Å². The summed E-state index contributed by atoms with van der Waals surface area (Å²) in [4.78, 5) is 14.3. The molecule has 1 rings (SSSR count). The van der Waals surface area contributed by atoms with Crippen molar-refractivity contribution in [3.05, 3.63) is 21.3 Å². The molecule has 0 radical (unpaired) electrons. The normalized spacial score (nSPS) is 12.5. The van der Waals surface area contributed by atoms with Crippen molar-refractivity contribution in [2.75, 3.05) is 20.8 Å². The molecule has 1 aromatic rings. The summed E-state index contributed by atoms with van der Waals surface area (Å²) in [5, 5.41) is 0.